The first-order valence-electron chi connectivity index (χ1n) is 12.4. The number of ether oxygens (including phenoxy) is 2. The summed E-state index contributed by atoms with van der Waals surface area (Å²) < 4.78 is 27.0. The third-order valence-corrected chi connectivity index (χ3v) is 7.29. The smallest absolute Gasteiger partial charge is 0.252 e. The lowest BCUT2D eigenvalue weighted by Crippen LogP contribution is -2.42. The Morgan fingerprint density at radius 1 is 1.02 bits per heavy atom. The molecule has 0 aliphatic rings. The molecule has 2 heterocycles. The van der Waals surface area contributed by atoms with Gasteiger partial charge < -0.3 is 19.7 Å². The Labute approximate surface area is 233 Å². The molecule has 0 saturated heterocycles. The van der Waals surface area contributed by atoms with Crippen LogP contribution in [0, 0.1) is 5.82 Å². The SMILES string of the molecule is COc1ccc(NC(=O)C(c2cccs2)N(Cc2ccccc2F)C(=O)Cn2nnc3ccccc32)c(OC)c1. The Kier molecular flexibility index (Phi) is 8.02. The van der Waals surface area contributed by atoms with E-state index in [-0.39, 0.29) is 18.7 Å². The highest BCUT2D eigenvalue weighted by atomic mass is 32.1. The number of nitrogens with zero attached hydrogens (tertiary/aromatic N) is 4. The van der Waals surface area contributed by atoms with E-state index in [2.05, 4.69) is 15.6 Å². The van der Waals surface area contributed by atoms with Gasteiger partial charge in [-0.05, 0) is 41.8 Å². The number of amides is 2. The van der Waals surface area contributed by atoms with Crippen molar-refractivity contribution in [3.05, 3.63) is 101 Å². The first kappa shape index (κ1) is 26.8. The monoisotopic (exact) mass is 559 g/mol. The lowest BCUT2D eigenvalue weighted by Gasteiger charge is -2.31. The van der Waals surface area contributed by atoms with Crippen molar-refractivity contribution >= 4 is 39.9 Å². The summed E-state index contributed by atoms with van der Waals surface area (Å²) >= 11 is 1.32. The number of halogens is 1. The third kappa shape index (κ3) is 5.64. The summed E-state index contributed by atoms with van der Waals surface area (Å²) in [6.45, 7) is -0.343. The highest BCUT2D eigenvalue weighted by molar-refractivity contribution is 7.10. The molecule has 5 aromatic rings. The average molecular weight is 560 g/mol. The Balaban J connectivity index is 1.53. The van der Waals surface area contributed by atoms with Crippen LogP contribution in [0.15, 0.2) is 84.2 Å². The van der Waals surface area contributed by atoms with E-state index in [9.17, 15) is 14.0 Å². The third-order valence-electron chi connectivity index (χ3n) is 6.36. The Hall–Kier alpha value is -4.77. The van der Waals surface area contributed by atoms with Crippen LogP contribution in [0.3, 0.4) is 0 Å². The first-order chi connectivity index (χ1) is 19.5. The number of benzene rings is 3. The number of para-hydroxylation sites is 1. The summed E-state index contributed by atoms with van der Waals surface area (Å²) in [6, 6.07) is 20.9. The van der Waals surface area contributed by atoms with E-state index in [0.29, 0.717) is 33.1 Å². The Morgan fingerprint density at radius 3 is 2.58 bits per heavy atom. The van der Waals surface area contributed by atoms with Gasteiger partial charge in [-0.1, -0.05) is 41.6 Å². The number of fused-ring (bicyclic) bond motifs is 1. The van der Waals surface area contributed by atoms with Gasteiger partial charge in [0, 0.05) is 23.1 Å². The molecule has 9 nitrogen and oxygen atoms in total. The molecule has 204 valence electrons. The van der Waals surface area contributed by atoms with Crippen LogP contribution in [-0.2, 0) is 22.7 Å². The number of hydrogen-bond donors (Lipinski definition) is 1. The molecule has 5 rings (SSSR count). The largest absolute Gasteiger partial charge is 0.497 e. The molecule has 40 heavy (non-hydrogen) atoms. The van der Waals surface area contributed by atoms with Gasteiger partial charge in [0.25, 0.3) is 5.91 Å². The van der Waals surface area contributed by atoms with Crippen LogP contribution in [0.5, 0.6) is 11.5 Å². The second-order valence-electron chi connectivity index (χ2n) is 8.82. The van der Waals surface area contributed by atoms with Gasteiger partial charge >= 0.3 is 0 Å². The molecule has 2 aromatic heterocycles. The fourth-order valence-electron chi connectivity index (χ4n) is 4.36. The molecule has 0 saturated carbocycles. The zero-order valence-electron chi connectivity index (χ0n) is 21.8. The van der Waals surface area contributed by atoms with Crippen molar-refractivity contribution < 1.29 is 23.5 Å². The van der Waals surface area contributed by atoms with Crippen molar-refractivity contribution in [1.82, 2.24) is 19.9 Å². The molecule has 0 spiro atoms. The quantitative estimate of drug-likeness (QED) is 0.257. The zero-order valence-corrected chi connectivity index (χ0v) is 22.6. The number of anilines is 1. The molecule has 2 amide bonds. The Bertz CT molecular complexity index is 1640. The summed E-state index contributed by atoms with van der Waals surface area (Å²) in [6.07, 6.45) is 0. The van der Waals surface area contributed by atoms with Crippen molar-refractivity contribution in [3.63, 3.8) is 0 Å². The van der Waals surface area contributed by atoms with Crippen molar-refractivity contribution in [2.45, 2.75) is 19.1 Å². The van der Waals surface area contributed by atoms with Crippen LogP contribution in [0.2, 0.25) is 0 Å². The number of carbonyl (C=O) groups is 2. The molecule has 3 aromatic carbocycles. The highest BCUT2D eigenvalue weighted by Crippen LogP contribution is 2.33. The minimum Gasteiger partial charge on any atom is -0.497 e. The fraction of sp³-hybridized carbons (Fsp3) is 0.172. The number of aromatic nitrogens is 3. The first-order valence-corrected chi connectivity index (χ1v) is 13.2. The van der Waals surface area contributed by atoms with E-state index in [1.807, 2.05) is 23.6 Å². The number of thiophene rings is 1. The van der Waals surface area contributed by atoms with E-state index in [1.54, 1.807) is 54.6 Å². The molecule has 0 radical (unpaired) electrons. The number of nitrogens with one attached hydrogen (secondary N) is 1. The summed E-state index contributed by atoms with van der Waals surface area (Å²) in [5.74, 6) is -0.457. The van der Waals surface area contributed by atoms with Crippen molar-refractivity contribution in [2.75, 3.05) is 19.5 Å². The zero-order chi connectivity index (χ0) is 28.1. The topological polar surface area (TPSA) is 98.6 Å². The minimum atomic E-state index is -1.08. The molecule has 1 atom stereocenters. The van der Waals surface area contributed by atoms with Gasteiger partial charge in [-0.2, -0.15) is 0 Å². The maximum absolute atomic E-state index is 14.8. The van der Waals surface area contributed by atoms with Gasteiger partial charge in [0.2, 0.25) is 5.91 Å². The standard InChI is InChI=1S/C29H26FN5O4S/c1-38-20-13-14-23(25(16-20)39-2)31-29(37)28(26-12-7-15-40-26)34(17-19-8-3-4-9-21(19)30)27(36)18-35-24-11-6-5-10-22(24)32-33-35/h3-16,28H,17-18H2,1-2H3,(H,31,37). The van der Waals surface area contributed by atoms with Gasteiger partial charge in [-0.3, -0.25) is 9.59 Å². The molecule has 0 aliphatic heterocycles. The summed E-state index contributed by atoms with van der Waals surface area (Å²) in [5, 5.41) is 13.0. The number of hydrogen-bond acceptors (Lipinski definition) is 7. The van der Waals surface area contributed by atoms with Crippen LogP contribution in [0.4, 0.5) is 10.1 Å². The van der Waals surface area contributed by atoms with Gasteiger partial charge in [0.1, 0.15) is 35.4 Å². The molecule has 1 unspecified atom stereocenters. The second kappa shape index (κ2) is 12.0. The minimum absolute atomic E-state index is 0.145. The van der Waals surface area contributed by atoms with Crippen LogP contribution in [0.25, 0.3) is 11.0 Å². The predicted octanol–water partition coefficient (Wildman–Crippen LogP) is 5.06. The van der Waals surface area contributed by atoms with Crippen LogP contribution in [-0.4, -0.2) is 45.9 Å². The maximum atomic E-state index is 14.8. The van der Waals surface area contributed by atoms with E-state index in [1.165, 1.54) is 41.2 Å². The van der Waals surface area contributed by atoms with Crippen LogP contribution >= 0.6 is 11.3 Å². The van der Waals surface area contributed by atoms with Gasteiger partial charge in [0.05, 0.1) is 25.4 Å². The van der Waals surface area contributed by atoms with E-state index >= 15 is 0 Å². The second-order valence-corrected chi connectivity index (χ2v) is 9.80. The van der Waals surface area contributed by atoms with E-state index in [0.717, 1.165) is 0 Å². The van der Waals surface area contributed by atoms with Crippen LogP contribution < -0.4 is 14.8 Å². The van der Waals surface area contributed by atoms with Gasteiger partial charge in [-0.15, -0.1) is 16.4 Å². The molecule has 1 N–H and O–H groups in total. The highest BCUT2D eigenvalue weighted by Gasteiger charge is 2.34. The summed E-state index contributed by atoms with van der Waals surface area (Å²) in [4.78, 5) is 29.9. The maximum Gasteiger partial charge on any atom is 0.252 e. The molecule has 0 fully saturated rings. The number of rotatable bonds is 10. The predicted molar refractivity (Wildman–Crippen MR) is 150 cm³/mol. The Morgan fingerprint density at radius 2 is 1.82 bits per heavy atom. The fourth-order valence-corrected chi connectivity index (χ4v) is 5.20. The van der Waals surface area contributed by atoms with Crippen molar-refractivity contribution in [1.29, 1.82) is 0 Å². The number of carbonyl (C=O) groups excluding carboxylic acids is 2. The lowest BCUT2D eigenvalue weighted by molar-refractivity contribution is -0.140. The average Bonchev–Trinajstić information content (AvgIpc) is 3.65. The van der Waals surface area contributed by atoms with Crippen molar-refractivity contribution in [3.8, 4) is 11.5 Å². The lowest BCUT2D eigenvalue weighted by atomic mass is 10.1. The normalized spacial score (nSPS) is 11.7. The molecule has 0 aliphatic carbocycles. The van der Waals surface area contributed by atoms with E-state index in [4.69, 9.17) is 9.47 Å². The summed E-state index contributed by atoms with van der Waals surface area (Å²) in [7, 11) is 3.02. The van der Waals surface area contributed by atoms with Gasteiger partial charge in [0.15, 0.2) is 0 Å². The van der Waals surface area contributed by atoms with Crippen molar-refractivity contribution in [2.24, 2.45) is 0 Å². The molecule has 0 bridgehead atoms. The summed E-state index contributed by atoms with van der Waals surface area (Å²) in [5.41, 5.74) is 1.97. The molecule has 11 heteroatoms. The van der Waals surface area contributed by atoms with E-state index < -0.39 is 23.7 Å². The van der Waals surface area contributed by atoms with Gasteiger partial charge in [-0.25, -0.2) is 9.07 Å². The number of methoxy groups -OCH3 is 2. The molecular formula is C29H26FN5O4S. The van der Waals surface area contributed by atoms with Crippen LogP contribution in [0.1, 0.15) is 16.5 Å². The molecular weight excluding hydrogens is 533 g/mol.